The fourth-order valence-electron chi connectivity index (χ4n) is 2.25. The molecule has 1 aromatic carbocycles. The molecule has 0 bridgehead atoms. The third-order valence-corrected chi connectivity index (χ3v) is 3.25. The minimum Gasteiger partial charge on any atom is -0.382 e. The molecule has 0 unspecified atom stereocenters. The lowest BCUT2D eigenvalue weighted by molar-refractivity contribution is -0.117. The first-order valence-corrected chi connectivity index (χ1v) is 5.93. The van der Waals surface area contributed by atoms with Crippen LogP contribution in [0.5, 0.6) is 0 Å². The molecule has 0 radical (unpaired) electrons. The fourth-order valence-corrected chi connectivity index (χ4v) is 2.25. The highest BCUT2D eigenvalue weighted by Gasteiger charge is 2.24. The molecule has 1 aliphatic rings. The number of hydrogen-bond acceptors (Lipinski definition) is 5. The van der Waals surface area contributed by atoms with E-state index in [1.807, 2.05) is 18.2 Å². The SMILES string of the molecule is Cc1nnc(-c2ccc3c(c2)CC(=O)N3C)c(N)n1. The first kappa shape index (κ1) is 11.6. The maximum atomic E-state index is 11.7. The van der Waals surface area contributed by atoms with Gasteiger partial charge in [0.15, 0.2) is 5.82 Å². The highest BCUT2D eigenvalue weighted by Crippen LogP contribution is 2.32. The maximum Gasteiger partial charge on any atom is 0.231 e. The number of likely N-dealkylation sites (N-methyl/N-ethyl adjacent to an activating group) is 1. The summed E-state index contributed by atoms with van der Waals surface area (Å²) in [5.41, 5.74) is 9.16. The molecular weight excluding hydrogens is 242 g/mol. The molecule has 19 heavy (non-hydrogen) atoms. The molecule has 2 heterocycles. The van der Waals surface area contributed by atoms with Crippen LogP contribution >= 0.6 is 0 Å². The fraction of sp³-hybridized carbons (Fsp3) is 0.231. The number of aromatic nitrogens is 3. The molecule has 0 atom stereocenters. The lowest BCUT2D eigenvalue weighted by Gasteiger charge is -2.10. The lowest BCUT2D eigenvalue weighted by atomic mass is 10.1. The number of rotatable bonds is 1. The van der Waals surface area contributed by atoms with Crippen molar-refractivity contribution in [3.8, 4) is 11.3 Å². The Hall–Kier alpha value is -2.50. The van der Waals surface area contributed by atoms with E-state index < -0.39 is 0 Å². The quantitative estimate of drug-likeness (QED) is 0.820. The zero-order valence-electron chi connectivity index (χ0n) is 10.7. The molecule has 0 aliphatic carbocycles. The Balaban J connectivity index is 2.09. The zero-order chi connectivity index (χ0) is 13.6. The van der Waals surface area contributed by atoms with E-state index in [9.17, 15) is 4.79 Å². The van der Waals surface area contributed by atoms with Crippen LogP contribution in [0.1, 0.15) is 11.4 Å². The van der Waals surface area contributed by atoms with Gasteiger partial charge in [0.1, 0.15) is 11.5 Å². The van der Waals surface area contributed by atoms with Crippen molar-refractivity contribution < 1.29 is 4.79 Å². The van der Waals surface area contributed by atoms with Gasteiger partial charge in [-0.3, -0.25) is 4.79 Å². The summed E-state index contributed by atoms with van der Waals surface area (Å²) in [6.45, 7) is 1.74. The van der Waals surface area contributed by atoms with E-state index in [1.54, 1.807) is 18.9 Å². The monoisotopic (exact) mass is 255 g/mol. The van der Waals surface area contributed by atoms with Crippen LogP contribution in [0, 0.1) is 6.92 Å². The molecule has 0 saturated carbocycles. The molecule has 96 valence electrons. The molecule has 1 amide bonds. The Morgan fingerprint density at radius 3 is 2.84 bits per heavy atom. The summed E-state index contributed by atoms with van der Waals surface area (Å²) in [7, 11) is 1.77. The van der Waals surface area contributed by atoms with Gasteiger partial charge >= 0.3 is 0 Å². The summed E-state index contributed by atoms with van der Waals surface area (Å²) in [6, 6.07) is 5.70. The number of nitrogens with two attached hydrogens (primary N) is 1. The van der Waals surface area contributed by atoms with Crippen LogP contribution in [0.25, 0.3) is 11.3 Å². The van der Waals surface area contributed by atoms with E-state index in [2.05, 4.69) is 15.2 Å². The normalized spacial score (nSPS) is 13.8. The van der Waals surface area contributed by atoms with Crippen molar-refractivity contribution in [3.63, 3.8) is 0 Å². The van der Waals surface area contributed by atoms with Gasteiger partial charge in [0.25, 0.3) is 0 Å². The summed E-state index contributed by atoms with van der Waals surface area (Å²) >= 11 is 0. The predicted octanol–water partition coefficient (Wildman–Crippen LogP) is 0.948. The van der Waals surface area contributed by atoms with Crippen LogP contribution in [0.2, 0.25) is 0 Å². The van der Waals surface area contributed by atoms with Crippen molar-refractivity contribution in [1.29, 1.82) is 0 Å². The van der Waals surface area contributed by atoms with Gasteiger partial charge in [-0.15, -0.1) is 10.2 Å². The van der Waals surface area contributed by atoms with Gasteiger partial charge in [-0.25, -0.2) is 4.98 Å². The number of hydrogen-bond donors (Lipinski definition) is 1. The zero-order valence-corrected chi connectivity index (χ0v) is 10.7. The molecule has 0 saturated heterocycles. The van der Waals surface area contributed by atoms with Crippen LogP contribution in [-0.2, 0) is 11.2 Å². The first-order chi connectivity index (χ1) is 9.06. The lowest BCUT2D eigenvalue weighted by Crippen LogP contribution is -2.20. The standard InChI is InChI=1S/C13H13N5O/c1-7-15-13(14)12(17-16-7)8-3-4-10-9(5-8)6-11(19)18(10)2/h3-5H,6H2,1-2H3,(H2,14,15,16). The van der Waals surface area contributed by atoms with Gasteiger partial charge in [-0.05, 0) is 24.6 Å². The number of fused-ring (bicyclic) bond motifs is 1. The Kier molecular flexibility index (Phi) is 2.45. The minimum atomic E-state index is 0.0910. The molecule has 6 heteroatoms. The Morgan fingerprint density at radius 2 is 2.11 bits per heavy atom. The number of benzene rings is 1. The molecule has 2 N–H and O–H groups in total. The van der Waals surface area contributed by atoms with Crippen LogP contribution < -0.4 is 10.6 Å². The van der Waals surface area contributed by atoms with Crippen molar-refractivity contribution in [2.45, 2.75) is 13.3 Å². The first-order valence-electron chi connectivity index (χ1n) is 5.93. The second-order valence-electron chi connectivity index (χ2n) is 4.57. The Morgan fingerprint density at radius 1 is 1.32 bits per heavy atom. The number of amides is 1. The number of nitrogens with zero attached hydrogens (tertiary/aromatic N) is 4. The third-order valence-electron chi connectivity index (χ3n) is 3.25. The van der Waals surface area contributed by atoms with Crippen molar-refractivity contribution >= 4 is 17.4 Å². The van der Waals surface area contributed by atoms with Gasteiger partial charge in [0.05, 0.1) is 6.42 Å². The van der Waals surface area contributed by atoms with Crippen LogP contribution in [-0.4, -0.2) is 28.1 Å². The third kappa shape index (κ3) is 1.81. The summed E-state index contributed by atoms with van der Waals surface area (Å²) in [5, 5.41) is 8.00. The number of aryl methyl sites for hydroxylation is 1. The van der Waals surface area contributed by atoms with E-state index in [-0.39, 0.29) is 5.91 Å². The van der Waals surface area contributed by atoms with Gasteiger partial charge in [0, 0.05) is 18.3 Å². The van der Waals surface area contributed by atoms with Crippen LogP contribution in [0.15, 0.2) is 18.2 Å². The summed E-state index contributed by atoms with van der Waals surface area (Å²) in [6.07, 6.45) is 0.409. The molecule has 6 nitrogen and oxygen atoms in total. The summed E-state index contributed by atoms with van der Waals surface area (Å²) in [5.74, 6) is 0.982. The second kappa shape index (κ2) is 4.01. The predicted molar refractivity (Wildman–Crippen MR) is 71.5 cm³/mol. The van der Waals surface area contributed by atoms with Gasteiger partial charge in [-0.1, -0.05) is 6.07 Å². The Labute approximate surface area is 110 Å². The van der Waals surface area contributed by atoms with E-state index in [0.29, 0.717) is 23.8 Å². The Bertz CT molecular complexity index is 683. The number of anilines is 2. The number of nitrogen functional groups attached to an aromatic ring is 1. The highest BCUT2D eigenvalue weighted by atomic mass is 16.2. The van der Waals surface area contributed by atoms with Gasteiger partial charge in [0.2, 0.25) is 5.91 Å². The largest absolute Gasteiger partial charge is 0.382 e. The topological polar surface area (TPSA) is 85.0 Å². The number of carbonyl (C=O) groups is 1. The average Bonchev–Trinajstić information content (AvgIpc) is 2.64. The van der Waals surface area contributed by atoms with Crippen molar-refractivity contribution in [2.24, 2.45) is 0 Å². The highest BCUT2D eigenvalue weighted by molar-refractivity contribution is 6.01. The molecule has 1 aliphatic heterocycles. The summed E-state index contributed by atoms with van der Waals surface area (Å²) < 4.78 is 0. The average molecular weight is 255 g/mol. The maximum absolute atomic E-state index is 11.7. The van der Waals surface area contributed by atoms with E-state index in [1.165, 1.54) is 0 Å². The summed E-state index contributed by atoms with van der Waals surface area (Å²) in [4.78, 5) is 17.4. The van der Waals surface area contributed by atoms with Gasteiger partial charge in [-0.2, -0.15) is 0 Å². The van der Waals surface area contributed by atoms with E-state index in [0.717, 1.165) is 16.8 Å². The van der Waals surface area contributed by atoms with Crippen LogP contribution in [0.3, 0.4) is 0 Å². The van der Waals surface area contributed by atoms with E-state index in [4.69, 9.17) is 5.73 Å². The van der Waals surface area contributed by atoms with Crippen molar-refractivity contribution in [1.82, 2.24) is 15.2 Å². The second-order valence-corrected chi connectivity index (χ2v) is 4.57. The molecule has 2 aromatic rings. The van der Waals surface area contributed by atoms with Crippen molar-refractivity contribution in [2.75, 3.05) is 17.7 Å². The van der Waals surface area contributed by atoms with Crippen molar-refractivity contribution in [3.05, 3.63) is 29.6 Å². The van der Waals surface area contributed by atoms with E-state index >= 15 is 0 Å². The molecule has 1 aromatic heterocycles. The number of carbonyl (C=O) groups excluding carboxylic acids is 1. The minimum absolute atomic E-state index is 0.0910. The molecule has 0 spiro atoms. The van der Waals surface area contributed by atoms with Gasteiger partial charge < -0.3 is 10.6 Å². The molecule has 0 fully saturated rings. The molecule has 3 rings (SSSR count). The smallest absolute Gasteiger partial charge is 0.231 e. The molecular formula is C13H13N5O. The van der Waals surface area contributed by atoms with Crippen LogP contribution in [0.4, 0.5) is 11.5 Å².